The fourth-order valence-corrected chi connectivity index (χ4v) is 3.67. The van der Waals surface area contributed by atoms with Gasteiger partial charge in [0.05, 0.1) is 22.1 Å². The van der Waals surface area contributed by atoms with E-state index in [9.17, 15) is 14.9 Å². The summed E-state index contributed by atoms with van der Waals surface area (Å²) in [6, 6.07) is 2.63. The molecule has 0 radical (unpaired) electrons. The van der Waals surface area contributed by atoms with Gasteiger partial charge in [-0.05, 0) is 25.8 Å². The van der Waals surface area contributed by atoms with E-state index in [0.717, 1.165) is 31.5 Å². The fourth-order valence-electron chi connectivity index (χ4n) is 3.44. The third-order valence-corrected chi connectivity index (χ3v) is 4.97. The van der Waals surface area contributed by atoms with Gasteiger partial charge in [-0.25, -0.2) is 9.78 Å². The van der Waals surface area contributed by atoms with Crippen LogP contribution in [0.1, 0.15) is 61.1 Å². The Morgan fingerprint density at radius 2 is 2.12 bits per heavy atom. The van der Waals surface area contributed by atoms with Crippen LogP contribution >= 0.6 is 11.6 Å². The largest absolute Gasteiger partial charge is 0.462 e. The molecule has 8 heteroatoms. The molecule has 1 aliphatic carbocycles. The van der Waals surface area contributed by atoms with Crippen molar-refractivity contribution >= 4 is 23.3 Å². The number of hydrogen-bond acceptors (Lipinski definition) is 5. The van der Waals surface area contributed by atoms with E-state index in [4.69, 9.17) is 16.3 Å². The predicted molar refractivity (Wildman–Crippen MR) is 97.0 cm³/mol. The molecule has 1 aliphatic rings. The van der Waals surface area contributed by atoms with Crippen LogP contribution in [-0.2, 0) is 4.74 Å². The first-order valence-corrected chi connectivity index (χ1v) is 9.09. The van der Waals surface area contributed by atoms with E-state index in [-0.39, 0.29) is 28.8 Å². The molecule has 0 N–H and O–H groups in total. The van der Waals surface area contributed by atoms with Crippen molar-refractivity contribution in [3.63, 3.8) is 0 Å². The highest BCUT2D eigenvalue weighted by Gasteiger charge is 2.27. The van der Waals surface area contributed by atoms with Crippen molar-refractivity contribution in [1.29, 1.82) is 0 Å². The van der Waals surface area contributed by atoms with Gasteiger partial charge in [-0.2, -0.15) is 0 Å². The smallest absolute Gasteiger partial charge is 0.339 e. The number of imidazole rings is 1. The lowest BCUT2D eigenvalue weighted by Crippen LogP contribution is -2.13. The first kappa shape index (κ1) is 18.4. The SMILES string of the molecule is CCOC(=O)c1cc([N+](=O)[O-])c(-n2ccnc2C2CCCCC2)cc1Cl. The van der Waals surface area contributed by atoms with Gasteiger partial charge in [0.2, 0.25) is 0 Å². The van der Waals surface area contributed by atoms with E-state index < -0.39 is 10.9 Å². The van der Waals surface area contributed by atoms with Crippen molar-refractivity contribution in [3.05, 3.63) is 51.1 Å². The molecule has 7 nitrogen and oxygen atoms in total. The van der Waals surface area contributed by atoms with E-state index >= 15 is 0 Å². The molecule has 0 atom stereocenters. The molecule has 138 valence electrons. The Labute approximate surface area is 156 Å². The molecule has 0 bridgehead atoms. The summed E-state index contributed by atoms with van der Waals surface area (Å²) in [7, 11) is 0. The predicted octanol–water partition coefficient (Wildman–Crippen LogP) is 4.66. The Morgan fingerprint density at radius 1 is 1.38 bits per heavy atom. The maximum atomic E-state index is 12.0. The van der Waals surface area contributed by atoms with E-state index in [2.05, 4.69) is 4.98 Å². The molecule has 1 aromatic carbocycles. The van der Waals surface area contributed by atoms with Gasteiger partial charge in [-0.15, -0.1) is 0 Å². The number of nitrogens with zero attached hydrogens (tertiary/aromatic N) is 3. The lowest BCUT2D eigenvalue weighted by atomic mass is 9.88. The average molecular weight is 378 g/mol. The van der Waals surface area contributed by atoms with E-state index in [1.165, 1.54) is 18.6 Å². The lowest BCUT2D eigenvalue weighted by Gasteiger charge is -2.22. The van der Waals surface area contributed by atoms with E-state index in [1.54, 1.807) is 23.9 Å². The van der Waals surface area contributed by atoms with Crippen molar-refractivity contribution in [1.82, 2.24) is 9.55 Å². The molecule has 0 aliphatic heterocycles. The molecule has 0 spiro atoms. The zero-order chi connectivity index (χ0) is 18.7. The Balaban J connectivity index is 2.08. The van der Waals surface area contributed by atoms with Gasteiger partial charge in [-0.1, -0.05) is 30.9 Å². The Bertz CT molecular complexity index is 828. The van der Waals surface area contributed by atoms with Crippen LogP contribution < -0.4 is 0 Å². The minimum absolute atomic E-state index is 0.0108. The molecular formula is C18H20ClN3O4. The number of halogens is 1. The summed E-state index contributed by atoms with van der Waals surface area (Å²) in [5.74, 6) is 0.389. The quantitative estimate of drug-likeness (QED) is 0.429. The molecule has 1 aromatic heterocycles. The van der Waals surface area contributed by atoms with Crippen molar-refractivity contribution < 1.29 is 14.5 Å². The summed E-state index contributed by atoms with van der Waals surface area (Å²) in [6.45, 7) is 1.83. The summed E-state index contributed by atoms with van der Waals surface area (Å²) in [6.07, 6.45) is 8.83. The molecular weight excluding hydrogens is 358 g/mol. The molecule has 3 rings (SSSR count). The number of aromatic nitrogens is 2. The first-order valence-electron chi connectivity index (χ1n) is 8.71. The molecule has 0 unspecified atom stereocenters. The third-order valence-electron chi connectivity index (χ3n) is 4.66. The maximum Gasteiger partial charge on any atom is 0.339 e. The Morgan fingerprint density at radius 3 is 2.77 bits per heavy atom. The summed E-state index contributed by atoms with van der Waals surface area (Å²) < 4.78 is 6.65. The summed E-state index contributed by atoms with van der Waals surface area (Å²) >= 11 is 6.23. The van der Waals surface area contributed by atoms with Gasteiger partial charge in [0.1, 0.15) is 11.5 Å². The van der Waals surface area contributed by atoms with Crippen molar-refractivity contribution in [2.75, 3.05) is 6.61 Å². The number of esters is 1. The lowest BCUT2D eigenvalue weighted by molar-refractivity contribution is -0.384. The third kappa shape index (κ3) is 3.58. The number of carbonyl (C=O) groups excluding carboxylic acids is 1. The molecule has 1 heterocycles. The maximum absolute atomic E-state index is 12.0. The number of rotatable bonds is 5. The van der Waals surface area contributed by atoms with E-state index in [1.807, 2.05) is 0 Å². The molecule has 0 saturated heterocycles. The standard InChI is InChI=1S/C18H20ClN3O4/c1-2-26-18(23)13-10-16(22(24)25)15(11-14(13)19)21-9-8-20-17(21)12-6-4-3-5-7-12/h8-12H,2-7H2,1H3. The Hall–Kier alpha value is -2.41. The van der Waals surface area contributed by atoms with Crippen LogP contribution in [0.3, 0.4) is 0 Å². The zero-order valence-corrected chi connectivity index (χ0v) is 15.2. The second kappa shape index (κ2) is 7.86. The fraction of sp³-hybridized carbons (Fsp3) is 0.444. The van der Waals surface area contributed by atoms with Crippen LogP contribution in [0.2, 0.25) is 5.02 Å². The monoisotopic (exact) mass is 377 g/mol. The van der Waals surface area contributed by atoms with Gasteiger partial charge in [0, 0.05) is 24.4 Å². The summed E-state index contributed by atoms with van der Waals surface area (Å²) in [5, 5.41) is 11.7. The van der Waals surface area contributed by atoms with E-state index in [0.29, 0.717) is 5.69 Å². The number of ether oxygens (including phenoxy) is 1. The van der Waals surface area contributed by atoms with Gasteiger partial charge >= 0.3 is 5.97 Å². The summed E-state index contributed by atoms with van der Waals surface area (Å²) in [5.41, 5.74) is 0.0990. The van der Waals surface area contributed by atoms with Crippen LogP contribution in [0.5, 0.6) is 0 Å². The second-order valence-corrected chi connectivity index (χ2v) is 6.70. The van der Waals surface area contributed by atoms with Crippen molar-refractivity contribution in [2.24, 2.45) is 0 Å². The number of carbonyl (C=O) groups is 1. The highest BCUT2D eigenvalue weighted by molar-refractivity contribution is 6.34. The second-order valence-electron chi connectivity index (χ2n) is 6.29. The van der Waals surface area contributed by atoms with Crippen LogP contribution in [0.25, 0.3) is 5.69 Å². The Kier molecular flexibility index (Phi) is 5.56. The van der Waals surface area contributed by atoms with Crippen LogP contribution in [-0.4, -0.2) is 27.1 Å². The number of benzene rings is 1. The average Bonchev–Trinajstić information content (AvgIpc) is 3.11. The van der Waals surface area contributed by atoms with Crippen molar-refractivity contribution in [3.8, 4) is 5.69 Å². The van der Waals surface area contributed by atoms with Gasteiger partial charge in [0.25, 0.3) is 5.69 Å². The van der Waals surface area contributed by atoms with Gasteiger partial charge < -0.3 is 4.74 Å². The normalized spacial score (nSPS) is 15.0. The number of nitro groups is 1. The van der Waals surface area contributed by atoms with Gasteiger partial charge in [0.15, 0.2) is 0 Å². The minimum atomic E-state index is -0.676. The highest BCUT2D eigenvalue weighted by atomic mass is 35.5. The molecule has 2 aromatic rings. The van der Waals surface area contributed by atoms with Crippen molar-refractivity contribution in [2.45, 2.75) is 44.9 Å². The van der Waals surface area contributed by atoms with Crippen LogP contribution in [0, 0.1) is 10.1 Å². The summed E-state index contributed by atoms with van der Waals surface area (Å²) in [4.78, 5) is 27.6. The topological polar surface area (TPSA) is 87.3 Å². The number of nitro benzene ring substituents is 1. The first-order chi connectivity index (χ1) is 12.5. The van der Waals surface area contributed by atoms with Crippen LogP contribution in [0.15, 0.2) is 24.5 Å². The minimum Gasteiger partial charge on any atom is -0.462 e. The molecule has 1 fully saturated rings. The number of hydrogen-bond donors (Lipinski definition) is 0. The molecule has 1 saturated carbocycles. The van der Waals surface area contributed by atoms with Gasteiger partial charge in [-0.3, -0.25) is 14.7 Å². The van der Waals surface area contributed by atoms with Crippen LogP contribution in [0.4, 0.5) is 5.69 Å². The molecule has 26 heavy (non-hydrogen) atoms. The zero-order valence-electron chi connectivity index (χ0n) is 14.5. The highest BCUT2D eigenvalue weighted by Crippen LogP contribution is 2.36. The molecule has 0 amide bonds.